The lowest BCUT2D eigenvalue weighted by Gasteiger charge is -2.35. The summed E-state index contributed by atoms with van der Waals surface area (Å²) in [6.07, 6.45) is 3.40. The summed E-state index contributed by atoms with van der Waals surface area (Å²) in [5.74, 6) is 0.685. The van der Waals surface area contributed by atoms with Crippen molar-refractivity contribution in [2.45, 2.75) is 0 Å². The maximum atomic E-state index is 13.0. The van der Waals surface area contributed by atoms with Gasteiger partial charge in [0.15, 0.2) is 0 Å². The van der Waals surface area contributed by atoms with Crippen LogP contribution < -0.4 is 4.90 Å². The van der Waals surface area contributed by atoms with Crippen LogP contribution >= 0.6 is 0 Å². The molecule has 1 aliphatic heterocycles. The van der Waals surface area contributed by atoms with Crippen molar-refractivity contribution in [3.05, 3.63) is 66.0 Å². The summed E-state index contributed by atoms with van der Waals surface area (Å²) in [7, 11) is 0. The Morgan fingerprint density at radius 1 is 0.962 bits per heavy atom. The molecule has 0 spiro atoms. The maximum absolute atomic E-state index is 13.0. The number of pyridine rings is 2. The van der Waals surface area contributed by atoms with Crippen LogP contribution in [0.2, 0.25) is 0 Å². The number of piperazine rings is 1. The first-order valence-corrected chi connectivity index (χ1v) is 8.51. The van der Waals surface area contributed by atoms with Gasteiger partial charge in [-0.25, -0.2) is 4.98 Å². The second-order valence-corrected chi connectivity index (χ2v) is 6.15. The van der Waals surface area contributed by atoms with E-state index in [4.69, 9.17) is 0 Å². The molecule has 0 unspecified atom stereocenters. The molecule has 0 radical (unpaired) electrons. The summed E-state index contributed by atoms with van der Waals surface area (Å²) in [6.45, 7) is 2.47. The highest BCUT2D eigenvalue weighted by Gasteiger charge is 2.25. The molecule has 6 nitrogen and oxygen atoms in total. The lowest BCUT2D eigenvalue weighted by molar-refractivity contribution is 0.0748. The highest BCUT2D eigenvalue weighted by molar-refractivity contribution is 6.05. The predicted octanol–water partition coefficient (Wildman–Crippen LogP) is 2.46. The Balaban J connectivity index is 1.53. The minimum atomic E-state index is -0.00419. The molecule has 26 heavy (non-hydrogen) atoms. The van der Waals surface area contributed by atoms with E-state index >= 15 is 0 Å². The molecule has 0 aliphatic carbocycles. The van der Waals surface area contributed by atoms with E-state index in [2.05, 4.69) is 20.9 Å². The summed E-state index contributed by atoms with van der Waals surface area (Å²) in [5, 5.41) is 10.2. The average molecular weight is 343 g/mol. The Labute approximate surface area is 151 Å². The quantitative estimate of drug-likeness (QED) is 0.715. The predicted molar refractivity (Wildman–Crippen MR) is 98.8 cm³/mol. The van der Waals surface area contributed by atoms with Gasteiger partial charge in [-0.1, -0.05) is 18.2 Å². The number of rotatable bonds is 2. The summed E-state index contributed by atoms with van der Waals surface area (Å²) < 4.78 is 0. The molecular weight excluding hydrogens is 326 g/mol. The average Bonchev–Trinajstić information content (AvgIpc) is 2.73. The van der Waals surface area contributed by atoms with Crippen molar-refractivity contribution >= 4 is 22.6 Å². The Bertz CT molecular complexity index is 997. The number of para-hydroxylation sites is 1. The number of nitrogens with zero attached hydrogens (tertiary/aromatic N) is 5. The van der Waals surface area contributed by atoms with Crippen molar-refractivity contribution in [2.24, 2.45) is 0 Å². The molecule has 3 heterocycles. The molecule has 0 N–H and O–H groups in total. The fraction of sp³-hybridized carbons (Fsp3) is 0.200. The SMILES string of the molecule is N#Cc1cccnc1N1CCN(C(=O)c2cccc3cccnc23)CC1. The standard InChI is InChI=1S/C20H17N5O/c21-14-16-6-3-9-23-19(16)24-10-12-25(13-11-24)20(26)17-7-1-4-15-5-2-8-22-18(15)17/h1-9H,10-13H2. The molecule has 128 valence electrons. The highest BCUT2D eigenvalue weighted by atomic mass is 16.2. The number of fused-ring (bicyclic) bond motifs is 1. The first kappa shape index (κ1) is 16.0. The van der Waals surface area contributed by atoms with Gasteiger partial charge in [-0.3, -0.25) is 9.78 Å². The van der Waals surface area contributed by atoms with E-state index in [0.717, 1.165) is 10.9 Å². The van der Waals surface area contributed by atoms with E-state index in [-0.39, 0.29) is 5.91 Å². The van der Waals surface area contributed by atoms with Crippen LogP contribution in [-0.2, 0) is 0 Å². The van der Waals surface area contributed by atoms with E-state index in [9.17, 15) is 10.1 Å². The Kier molecular flexibility index (Phi) is 4.20. The summed E-state index contributed by atoms with van der Waals surface area (Å²) in [6, 6.07) is 15.2. The Morgan fingerprint density at radius 2 is 1.69 bits per heavy atom. The zero-order valence-electron chi connectivity index (χ0n) is 14.2. The fourth-order valence-electron chi connectivity index (χ4n) is 3.30. The van der Waals surface area contributed by atoms with E-state index in [1.54, 1.807) is 24.5 Å². The first-order valence-electron chi connectivity index (χ1n) is 8.51. The molecule has 6 heteroatoms. The van der Waals surface area contributed by atoms with Gasteiger partial charge in [-0.05, 0) is 24.3 Å². The van der Waals surface area contributed by atoms with Gasteiger partial charge in [0.25, 0.3) is 5.91 Å². The smallest absolute Gasteiger partial charge is 0.256 e. The van der Waals surface area contributed by atoms with Crippen LogP contribution in [0.25, 0.3) is 10.9 Å². The van der Waals surface area contributed by atoms with Crippen LogP contribution in [0.4, 0.5) is 5.82 Å². The number of carbonyl (C=O) groups excluding carboxylic acids is 1. The summed E-state index contributed by atoms with van der Waals surface area (Å²) in [5.41, 5.74) is 1.93. The number of nitriles is 1. The molecule has 1 aromatic carbocycles. The second kappa shape index (κ2) is 6.81. The number of amides is 1. The second-order valence-electron chi connectivity index (χ2n) is 6.15. The van der Waals surface area contributed by atoms with Gasteiger partial charge in [0, 0.05) is 44.0 Å². The zero-order chi connectivity index (χ0) is 17.9. The van der Waals surface area contributed by atoms with Crippen LogP contribution in [0, 0.1) is 11.3 Å². The third kappa shape index (κ3) is 2.84. The molecule has 0 bridgehead atoms. The molecule has 1 amide bonds. The van der Waals surface area contributed by atoms with Crippen molar-refractivity contribution in [3.8, 4) is 6.07 Å². The van der Waals surface area contributed by atoms with Gasteiger partial charge in [0.1, 0.15) is 11.9 Å². The molecule has 0 saturated carbocycles. The van der Waals surface area contributed by atoms with Crippen LogP contribution in [0.15, 0.2) is 54.9 Å². The topological polar surface area (TPSA) is 73.1 Å². The van der Waals surface area contributed by atoms with Crippen LogP contribution in [0.1, 0.15) is 15.9 Å². The zero-order valence-corrected chi connectivity index (χ0v) is 14.2. The lowest BCUT2D eigenvalue weighted by atomic mass is 10.1. The van der Waals surface area contributed by atoms with Gasteiger partial charge < -0.3 is 9.80 Å². The fourth-order valence-corrected chi connectivity index (χ4v) is 3.30. The van der Waals surface area contributed by atoms with Gasteiger partial charge in [0.05, 0.1) is 16.6 Å². The number of hydrogen-bond acceptors (Lipinski definition) is 5. The lowest BCUT2D eigenvalue weighted by Crippen LogP contribution is -2.49. The summed E-state index contributed by atoms with van der Waals surface area (Å²) in [4.78, 5) is 25.6. The van der Waals surface area contributed by atoms with Crippen molar-refractivity contribution < 1.29 is 4.79 Å². The number of hydrogen-bond donors (Lipinski definition) is 0. The number of anilines is 1. The minimum absolute atomic E-state index is 0.00419. The third-order valence-corrected chi connectivity index (χ3v) is 4.64. The number of benzene rings is 1. The largest absolute Gasteiger partial charge is 0.352 e. The van der Waals surface area contributed by atoms with Crippen molar-refractivity contribution in [1.29, 1.82) is 5.26 Å². The summed E-state index contributed by atoms with van der Waals surface area (Å²) >= 11 is 0. The van der Waals surface area contributed by atoms with Gasteiger partial charge >= 0.3 is 0 Å². The molecule has 4 rings (SSSR count). The molecule has 0 atom stereocenters. The Morgan fingerprint density at radius 3 is 2.50 bits per heavy atom. The Hall–Kier alpha value is -3.46. The van der Waals surface area contributed by atoms with Gasteiger partial charge in [-0.15, -0.1) is 0 Å². The third-order valence-electron chi connectivity index (χ3n) is 4.64. The monoisotopic (exact) mass is 343 g/mol. The van der Waals surface area contributed by atoms with Crippen LogP contribution in [-0.4, -0.2) is 47.0 Å². The number of carbonyl (C=O) groups is 1. The van der Waals surface area contributed by atoms with E-state index < -0.39 is 0 Å². The number of aromatic nitrogens is 2. The van der Waals surface area contributed by atoms with E-state index in [1.807, 2.05) is 35.2 Å². The van der Waals surface area contributed by atoms with Gasteiger partial charge in [0.2, 0.25) is 0 Å². The molecule has 3 aromatic rings. The van der Waals surface area contributed by atoms with E-state index in [1.165, 1.54) is 0 Å². The van der Waals surface area contributed by atoms with Crippen molar-refractivity contribution in [2.75, 3.05) is 31.1 Å². The molecule has 1 aliphatic rings. The first-order chi connectivity index (χ1) is 12.8. The minimum Gasteiger partial charge on any atom is -0.352 e. The maximum Gasteiger partial charge on any atom is 0.256 e. The normalized spacial score (nSPS) is 14.3. The van der Waals surface area contributed by atoms with Crippen LogP contribution in [0.3, 0.4) is 0 Å². The van der Waals surface area contributed by atoms with Crippen molar-refractivity contribution in [3.63, 3.8) is 0 Å². The molecule has 2 aromatic heterocycles. The highest BCUT2D eigenvalue weighted by Crippen LogP contribution is 2.21. The van der Waals surface area contributed by atoms with Crippen molar-refractivity contribution in [1.82, 2.24) is 14.9 Å². The molecular formula is C20H17N5O. The van der Waals surface area contributed by atoms with E-state index in [0.29, 0.717) is 43.1 Å². The van der Waals surface area contributed by atoms with Crippen LogP contribution in [0.5, 0.6) is 0 Å². The van der Waals surface area contributed by atoms with Gasteiger partial charge in [-0.2, -0.15) is 5.26 Å². The molecule has 1 saturated heterocycles. The molecule has 1 fully saturated rings.